The Hall–Kier alpha value is -2.39. The van der Waals surface area contributed by atoms with Crippen molar-refractivity contribution in [2.24, 2.45) is 0 Å². The topological polar surface area (TPSA) is 86.9 Å². The molecule has 0 bridgehead atoms. The fourth-order valence-electron chi connectivity index (χ4n) is 1.45. The van der Waals surface area contributed by atoms with E-state index in [1.165, 1.54) is 0 Å². The van der Waals surface area contributed by atoms with E-state index in [1.807, 2.05) is 6.07 Å². The van der Waals surface area contributed by atoms with Crippen LogP contribution in [0.3, 0.4) is 0 Å². The van der Waals surface area contributed by atoms with Crippen LogP contribution in [0.1, 0.15) is 5.56 Å². The fraction of sp³-hybridized carbons (Fsp3) is 0.0769. The van der Waals surface area contributed by atoms with E-state index in [0.717, 1.165) is 17.3 Å². The van der Waals surface area contributed by atoms with Crippen LogP contribution in [0.4, 0.5) is 0 Å². The number of carboxylic acid groups (broad SMARTS) is 1. The molecule has 0 fully saturated rings. The molecule has 2 rings (SSSR count). The molecule has 2 aromatic rings. The second-order valence-electron chi connectivity index (χ2n) is 3.58. The normalized spacial score (nSPS) is 9.84. The number of carboxylic acids is 1. The number of hydrogen-bond acceptors (Lipinski definition) is 5. The van der Waals surface area contributed by atoms with E-state index < -0.39 is 5.97 Å². The summed E-state index contributed by atoms with van der Waals surface area (Å²) in [6.07, 6.45) is 3.30. The number of hydrogen-bond donors (Lipinski definition) is 1. The molecule has 0 radical (unpaired) electrons. The monoisotopic (exact) mass is 271 g/mol. The van der Waals surface area contributed by atoms with Crippen molar-refractivity contribution in [3.05, 3.63) is 42.2 Å². The van der Waals surface area contributed by atoms with E-state index in [1.54, 1.807) is 36.7 Å². The van der Waals surface area contributed by atoms with Crippen molar-refractivity contribution in [3.8, 4) is 17.3 Å². The Bertz CT molecular complexity index is 638. The van der Waals surface area contributed by atoms with Gasteiger partial charge in [0.05, 0.1) is 17.0 Å². The zero-order valence-corrected chi connectivity index (χ0v) is 10.6. The molecule has 6 heteroatoms. The molecule has 0 saturated carbocycles. The Morgan fingerprint density at radius 3 is 2.68 bits per heavy atom. The number of carbonyl (C=O) groups is 1. The van der Waals surface area contributed by atoms with Gasteiger partial charge in [0.15, 0.2) is 0 Å². The summed E-state index contributed by atoms with van der Waals surface area (Å²) in [6, 6.07) is 9.00. The first kappa shape index (κ1) is 13.1. The van der Waals surface area contributed by atoms with E-state index in [2.05, 4.69) is 9.97 Å². The van der Waals surface area contributed by atoms with Gasteiger partial charge in [-0.25, -0.2) is 4.98 Å². The lowest BCUT2D eigenvalue weighted by molar-refractivity contribution is -0.133. The minimum Gasteiger partial charge on any atom is -0.481 e. The molecule has 2 aromatic heterocycles. The Labute approximate surface area is 113 Å². The molecule has 19 heavy (non-hydrogen) atoms. The van der Waals surface area contributed by atoms with Crippen LogP contribution in [0.25, 0.3) is 11.3 Å². The van der Waals surface area contributed by atoms with Crippen LogP contribution < -0.4 is 0 Å². The Balaban J connectivity index is 2.36. The first-order chi connectivity index (χ1) is 9.20. The lowest BCUT2D eigenvalue weighted by Gasteiger charge is -2.05. The fourth-order valence-corrected chi connectivity index (χ4v) is 2.14. The number of aliphatic carboxylic acids is 1. The van der Waals surface area contributed by atoms with Crippen molar-refractivity contribution in [1.29, 1.82) is 5.26 Å². The molecule has 0 aliphatic heterocycles. The van der Waals surface area contributed by atoms with Crippen LogP contribution in [-0.2, 0) is 4.79 Å². The molecule has 0 aliphatic carbocycles. The quantitative estimate of drug-likeness (QED) is 0.858. The van der Waals surface area contributed by atoms with Crippen LogP contribution in [0, 0.1) is 11.3 Å². The number of thioether (sulfide) groups is 1. The summed E-state index contributed by atoms with van der Waals surface area (Å²) in [7, 11) is 0. The van der Waals surface area contributed by atoms with E-state index in [0.29, 0.717) is 16.3 Å². The lowest BCUT2D eigenvalue weighted by Crippen LogP contribution is -1.99. The van der Waals surface area contributed by atoms with E-state index in [9.17, 15) is 4.79 Å². The molecule has 0 aromatic carbocycles. The van der Waals surface area contributed by atoms with Crippen LogP contribution in [-0.4, -0.2) is 26.8 Å². The summed E-state index contributed by atoms with van der Waals surface area (Å²) in [5.74, 6) is -1.06. The summed E-state index contributed by atoms with van der Waals surface area (Å²) in [5.41, 5.74) is 1.94. The Morgan fingerprint density at radius 1 is 1.32 bits per heavy atom. The molecule has 5 nitrogen and oxygen atoms in total. The predicted molar refractivity (Wildman–Crippen MR) is 70.5 cm³/mol. The van der Waals surface area contributed by atoms with Crippen molar-refractivity contribution < 1.29 is 9.90 Å². The molecule has 0 saturated heterocycles. The van der Waals surface area contributed by atoms with Gasteiger partial charge in [-0.05, 0) is 24.3 Å². The minimum absolute atomic E-state index is 0.124. The maximum absolute atomic E-state index is 10.6. The molecule has 0 atom stereocenters. The second kappa shape index (κ2) is 5.98. The Kier molecular flexibility index (Phi) is 4.11. The smallest absolute Gasteiger partial charge is 0.313 e. The van der Waals surface area contributed by atoms with Gasteiger partial charge in [-0.1, -0.05) is 11.8 Å². The van der Waals surface area contributed by atoms with Gasteiger partial charge in [-0.2, -0.15) is 5.26 Å². The van der Waals surface area contributed by atoms with E-state index >= 15 is 0 Å². The third-order valence-corrected chi connectivity index (χ3v) is 3.27. The van der Waals surface area contributed by atoms with Crippen LogP contribution in [0.2, 0.25) is 0 Å². The van der Waals surface area contributed by atoms with Crippen molar-refractivity contribution >= 4 is 17.7 Å². The van der Waals surface area contributed by atoms with Crippen molar-refractivity contribution in [2.45, 2.75) is 5.03 Å². The van der Waals surface area contributed by atoms with Gasteiger partial charge in [0.2, 0.25) is 0 Å². The number of rotatable bonds is 4. The molecule has 94 valence electrons. The molecule has 0 unspecified atom stereocenters. The van der Waals surface area contributed by atoms with E-state index in [-0.39, 0.29) is 5.75 Å². The standard InChI is InChI=1S/C13H9N3O2S/c14-7-10-1-2-11(9-3-5-15-6-4-9)16-13(10)19-8-12(17)18/h1-6H,8H2,(H,17,18). The number of nitrogens with zero attached hydrogens (tertiary/aromatic N) is 3. The van der Waals surface area contributed by atoms with Crippen molar-refractivity contribution in [3.63, 3.8) is 0 Å². The third kappa shape index (κ3) is 3.30. The van der Waals surface area contributed by atoms with Crippen LogP contribution in [0.15, 0.2) is 41.7 Å². The summed E-state index contributed by atoms with van der Waals surface area (Å²) in [4.78, 5) is 18.8. The average molecular weight is 271 g/mol. The predicted octanol–water partition coefficient (Wildman–Crippen LogP) is 2.19. The molecule has 0 amide bonds. The molecular weight excluding hydrogens is 262 g/mol. The highest BCUT2D eigenvalue weighted by molar-refractivity contribution is 7.99. The third-order valence-electron chi connectivity index (χ3n) is 2.29. The number of nitriles is 1. The van der Waals surface area contributed by atoms with Gasteiger partial charge in [0.1, 0.15) is 11.1 Å². The zero-order chi connectivity index (χ0) is 13.7. The molecule has 2 heterocycles. The summed E-state index contributed by atoms with van der Waals surface area (Å²) in [5, 5.41) is 18.1. The zero-order valence-electron chi connectivity index (χ0n) is 9.78. The van der Waals surface area contributed by atoms with Gasteiger partial charge in [-0.3, -0.25) is 9.78 Å². The highest BCUT2D eigenvalue weighted by Crippen LogP contribution is 2.24. The largest absolute Gasteiger partial charge is 0.481 e. The molecular formula is C13H9N3O2S. The maximum atomic E-state index is 10.6. The first-order valence-electron chi connectivity index (χ1n) is 5.37. The summed E-state index contributed by atoms with van der Waals surface area (Å²) >= 11 is 1.04. The average Bonchev–Trinajstić information content (AvgIpc) is 2.45. The van der Waals surface area contributed by atoms with Crippen molar-refractivity contribution in [1.82, 2.24) is 9.97 Å². The lowest BCUT2D eigenvalue weighted by atomic mass is 10.1. The highest BCUT2D eigenvalue weighted by atomic mass is 32.2. The number of pyridine rings is 2. The van der Waals surface area contributed by atoms with Crippen molar-refractivity contribution in [2.75, 3.05) is 5.75 Å². The Morgan fingerprint density at radius 2 is 2.05 bits per heavy atom. The maximum Gasteiger partial charge on any atom is 0.313 e. The van der Waals surface area contributed by atoms with Gasteiger partial charge >= 0.3 is 5.97 Å². The van der Waals surface area contributed by atoms with E-state index in [4.69, 9.17) is 10.4 Å². The minimum atomic E-state index is -0.940. The summed E-state index contributed by atoms with van der Waals surface area (Å²) < 4.78 is 0. The highest BCUT2D eigenvalue weighted by Gasteiger charge is 2.09. The number of aromatic nitrogens is 2. The molecule has 1 N–H and O–H groups in total. The van der Waals surface area contributed by atoms with Gasteiger partial charge < -0.3 is 5.11 Å². The SMILES string of the molecule is N#Cc1ccc(-c2ccncc2)nc1SCC(=O)O. The van der Waals surface area contributed by atoms with Gasteiger partial charge in [0, 0.05) is 18.0 Å². The molecule has 0 aliphatic rings. The van der Waals surface area contributed by atoms with Gasteiger partial charge in [-0.15, -0.1) is 0 Å². The second-order valence-corrected chi connectivity index (χ2v) is 4.54. The van der Waals surface area contributed by atoms with Gasteiger partial charge in [0.25, 0.3) is 0 Å². The summed E-state index contributed by atoms with van der Waals surface area (Å²) in [6.45, 7) is 0. The molecule has 0 spiro atoms. The first-order valence-corrected chi connectivity index (χ1v) is 6.35. The van der Waals surface area contributed by atoms with Crippen LogP contribution in [0.5, 0.6) is 0 Å². The van der Waals surface area contributed by atoms with Crippen LogP contribution >= 0.6 is 11.8 Å².